The minimum atomic E-state index is -3.21. The predicted molar refractivity (Wildman–Crippen MR) is 79.5 cm³/mol. The molecule has 0 aromatic heterocycles. The molecule has 1 aliphatic heterocycles. The van der Waals surface area contributed by atoms with E-state index in [9.17, 15) is 8.42 Å². The largest absolute Gasteiger partial charge is 0.497 e. The van der Waals surface area contributed by atoms with Crippen molar-refractivity contribution in [3.63, 3.8) is 0 Å². The fourth-order valence-electron chi connectivity index (χ4n) is 2.37. The Morgan fingerprint density at radius 2 is 2.30 bits per heavy atom. The van der Waals surface area contributed by atoms with Crippen LogP contribution in [0.1, 0.15) is 18.4 Å². The van der Waals surface area contributed by atoms with Gasteiger partial charge in [0.15, 0.2) is 0 Å². The predicted octanol–water partition coefficient (Wildman–Crippen LogP) is 0.909. The molecular weight excluding hydrogens is 276 g/mol. The van der Waals surface area contributed by atoms with Crippen LogP contribution in [0, 0.1) is 0 Å². The van der Waals surface area contributed by atoms with Gasteiger partial charge in [0, 0.05) is 13.1 Å². The second-order valence-electron chi connectivity index (χ2n) is 5.01. The van der Waals surface area contributed by atoms with Crippen LogP contribution in [0.2, 0.25) is 0 Å². The highest BCUT2D eigenvalue weighted by molar-refractivity contribution is 7.90. The van der Waals surface area contributed by atoms with Gasteiger partial charge in [0.25, 0.3) is 0 Å². The third-order valence-corrected chi connectivity index (χ3v) is 5.43. The molecule has 1 aromatic carbocycles. The number of sulfonamides is 1. The molecule has 0 amide bonds. The minimum absolute atomic E-state index is 0.304. The van der Waals surface area contributed by atoms with E-state index in [4.69, 9.17) is 4.74 Å². The molecular formula is C14H22N2O3S. The zero-order chi connectivity index (χ0) is 14.4. The van der Waals surface area contributed by atoms with Crippen LogP contribution in [0.15, 0.2) is 24.3 Å². The van der Waals surface area contributed by atoms with Crippen molar-refractivity contribution in [2.75, 3.05) is 26.7 Å². The average Bonchev–Trinajstić information content (AvgIpc) is 2.48. The Balaban J connectivity index is 1.85. The summed E-state index contributed by atoms with van der Waals surface area (Å²) in [7, 11) is -1.59. The first kappa shape index (κ1) is 15.3. The van der Waals surface area contributed by atoms with Crippen LogP contribution in [0.3, 0.4) is 0 Å². The van der Waals surface area contributed by atoms with Crippen molar-refractivity contribution in [2.24, 2.45) is 0 Å². The lowest BCUT2D eigenvalue weighted by Gasteiger charge is -2.23. The third kappa shape index (κ3) is 4.19. The second-order valence-corrected chi connectivity index (χ2v) is 7.05. The summed E-state index contributed by atoms with van der Waals surface area (Å²) < 4.78 is 32.1. The summed E-state index contributed by atoms with van der Waals surface area (Å²) in [4.78, 5) is 0. The fourth-order valence-corrected chi connectivity index (χ4v) is 3.80. The highest BCUT2D eigenvalue weighted by Gasteiger charge is 2.26. The van der Waals surface area contributed by atoms with Gasteiger partial charge in [-0.1, -0.05) is 12.1 Å². The quantitative estimate of drug-likeness (QED) is 0.819. The lowest BCUT2D eigenvalue weighted by atomic mass is 10.1. The molecule has 1 aromatic rings. The van der Waals surface area contributed by atoms with Crippen molar-refractivity contribution in [3.05, 3.63) is 29.8 Å². The van der Waals surface area contributed by atoms with E-state index < -0.39 is 10.0 Å². The van der Waals surface area contributed by atoms with E-state index >= 15 is 0 Å². The highest BCUT2D eigenvalue weighted by atomic mass is 32.2. The first-order valence-electron chi connectivity index (χ1n) is 6.94. The van der Waals surface area contributed by atoms with E-state index in [1.54, 1.807) is 7.11 Å². The van der Waals surface area contributed by atoms with Crippen LogP contribution in [0.4, 0.5) is 0 Å². The van der Waals surface area contributed by atoms with Crippen molar-refractivity contribution in [1.82, 2.24) is 10.0 Å². The van der Waals surface area contributed by atoms with E-state index in [1.165, 1.54) is 0 Å². The normalized spacial score (nSPS) is 19.8. The number of benzene rings is 1. The Labute approximate surface area is 120 Å². The van der Waals surface area contributed by atoms with Gasteiger partial charge in [0.1, 0.15) is 5.75 Å². The Morgan fingerprint density at radius 1 is 1.45 bits per heavy atom. The summed E-state index contributed by atoms with van der Waals surface area (Å²) in [6.07, 6.45) is 2.32. The highest BCUT2D eigenvalue weighted by Crippen LogP contribution is 2.13. The molecule has 1 unspecified atom stereocenters. The lowest BCUT2D eigenvalue weighted by Crippen LogP contribution is -2.44. The summed E-state index contributed by atoms with van der Waals surface area (Å²) in [5.41, 5.74) is 1.06. The Kier molecular flexibility index (Phi) is 5.39. The van der Waals surface area contributed by atoms with Gasteiger partial charge in [-0.15, -0.1) is 0 Å². The summed E-state index contributed by atoms with van der Waals surface area (Å²) in [5.74, 6) is 0.793. The smallest absolute Gasteiger partial charge is 0.215 e. The molecule has 2 rings (SSSR count). The summed E-state index contributed by atoms with van der Waals surface area (Å²) in [6, 6.07) is 7.69. The fraction of sp³-hybridized carbons (Fsp3) is 0.571. The Hall–Kier alpha value is -1.11. The van der Waals surface area contributed by atoms with E-state index in [1.807, 2.05) is 24.3 Å². The van der Waals surface area contributed by atoms with Crippen LogP contribution >= 0.6 is 0 Å². The van der Waals surface area contributed by atoms with Gasteiger partial charge in [0.2, 0.25) is 10.0 Å². The van der Waals surface area contributed by atoms with E-state index in [2.05, 4.69) is 10.0 Å². The molecule has 1 heterocycles. The Bertz CT molecular complexity index is 525. The molecule has 1 aliphatic rings. The van der Waals surface area contributed by atoms with Gasteiger partial charge >= 0.3 is 0 Å². The molecule has 6 heteroatoms. The number of piperidine rings is 1. The first-order valence-corrected chi connectivity index (χ1v) is 8.48. The Morgan fingerprint density at radius 3 is 3.00 bits per heavy atom. The molecule has 1 fully saturated rings. The molecule has 0 bridgehead atoms. The van der Waals surface area contributed by atoms with Crippen molar-refractivity contribution < 1.29 is 13.2 Å². The number of methoxy groups -OCH3 is 1. The van der Waals surface area contributed by atoms with Crippen LogP contribution < -0.4 is 14.8 Å². The van der Waals surface area contributed by atoms with Crippen LogP contribution in [0.25, 0.3) is 0 Å². The molecule has 0 spiro atoms. The van der Waals surface area contributed by atoms with Crippen molar-refractivity contribution in [3.8, 4) is 5.75 Å². The molecule has 0 saturated carbocycles. The van der Waals surface area contributed by atoms with Gasteiger partial charge in [-0.05, 0) is 43.5 Å². The third-order valence-electron chi connectivity index (χ3n) is 3.54. The zero-order valence-corrected chi connectivity index (χ0v) is 12.6. The molecule has 112 valence electrons. The maximum absolute atomic E-state index is 12.1. The van der Waals surface area contributed by atoms with Crippen LogP contribution in [-0.4, -0.2) is 40.4 Å². The molecule has 5 nitrogen and oxygen atoms in total. The number of rotatable bonds is 6. The monoisotopic (exact) mass is 298 g/mol. The number of nitrogens with one attached hydrogen (secondary N) is 2. The SMILES string of the molecule is COc1cccc(CCNS(=O)(=O)C2CCCNC2)c1. The van der Waals surface area contributed by atoms with Gasteiger partial charge < -0.3 is 10.1 Å². The van der Waals surface area contributed by atoms with Crippen molar-refractivity contribution in [2.45, 2.75) is 24.5 Å². The van der Waals surface area contributed by atoms with Crippen molar-refractivity contribution >= 4 is 10.0 Å². The maximum Gasteiger partial charge on any atom is 0.215 e. The van der Waals surface area contributed by atoms with Crippen LogP contribution in [0.5, 0.6) is 5.75 Å². The molecule has 0 radical (unpaired) electrons. The summed E-state index contributed by atoms with van der Waals surface area (Å²) in [6.45, 7) is 1.89. The van der Waals surface area contributed by atoms with Gasteiger partial charge in [0.05, 0.1) is 12.4 Å². The van der Waals surface area contributed by atoms with Crippen molar-refractivity contribution in [1.29, 1.82) is 0 Å². The topological polar surface area (TPSA) is 67.4 Å². The van der Waals surface area contributed by atoms with E-state index in [0.29, 0.717) is 19.5 Å². The number of hydrogen-bond donors (Lipinski definition) is 2. The summed E-state index contributed by atoms with van der Waals surface area (Å²) in [5, 5.41) is 2.82. The second kappa shape index (κ2) is 7.06. The first-order chi connectivity index (χ1) is 9.62. The molecule has 2 N–H and O–H groups in total. The average molecular weight is 298 g/mol. The van der Waals surface area contributed by atoms with Gasteiger partial charge in [-0.3, -0.25) is 0 Å². The van der Waals surface area contributed by atoms with Crippen LogP contribution in [-0.2, 0) is 16.4 Å². The molecule has 1 atom stereocenters. The molecule has 1 saturated heterocycles. The van der Waals surface area contributed by atoms with E-state index in [0.717, 1.165) is 30.7 Å². The number of hydrogen-bond acceptors (Lipinski definition) is 4. The standard InChI is InChI=1S/C14H22N2O3S/c1-19-13-5-2-4-12(10-13)7-9-16-20(17,18)14-6-3-8-15-11-14/h2,4-5,10,14-16H,3,6-9,11H2,1H3. The molecule has 0 aliphatic carbocycles. The maximum atomic E-state index is 12.1. The summed E-state index contributed by atoms with van der Waals surface area (Å²) >= 11 is 0. The minimum Gasteiger partial charge on any atom is -0.497 e. The van der Waals surface area contributed by atoms with Gasteiger partial charge in [-0.2, -0.15) is 0 Å². The number of ether oxygens (including phenoxy) is 1. The zero-order valence-electron chi connectivity index (χ0n) is 11.8. The lowest BCUT2D eigenvalue weighted by molar-refractivity contribution is 0.414. The van der Waals surface area contributed by atoms with E-state index in [-0.39, 0.29) is 5.25 Å². The molecule has 20 heavy (non-hydrogen) atoms. The van der Waals surface area contributed by atoms with Gasteiger partial charge in [-0.25, -0.2) is 13.1 Å².